The Labute approximate surface area is 157 Å². The average Bonchev–Trinajstić information content (AvgIpc) is 3.11. The Hall–Kier alpha value is -3.60. The van der Waals surface area contributed by atoms with Crippen LogP contribution >= 0.6 is 0 Å². The molecule has 0 aliphatic rings. The third-order valence-corrected chi connectivity index (χ3v) is 4.32. The Morgan fingerprint density at radius 2 is 1.89 bits per heavy atom. The molecule has 0 saturated carbocycles. The molecule has 1 amide bonds. The van der Waals surface area contributed by atoms with E-state index >= 15 is 0 Å². The minimum absolute atomic E-state index is 0.104. The normalized spacial score (nSPS) is 10.7. The van der Waals surface area contributed by atoms with Gasteiger partial charge in [0.15, 0.2) is 0 Å². The van der Waals surface area contributed by atoms with Crippen molar-refractivity contribution in [1.82, 2.24) is 14.9 Å². The van der Waals surface area contributed by atoms with E-state index in [-0.39, 0.29) is 5.91 Å². The van der Waals surface area contributed by atoms with Crippen molar-refractivity contribution in [1.29, 1.82) is 0 Å². The molecule has 0 fully saturated rings. The average molecular weight is 357 g/mol. The highest BCUT2D eigenvalue weighted by molar-refractivity contribution is 5.97. The predicted molar refractivity (Wildman–Crippen MR) is 105 cm³/mol. The van der Waals surface area contributed by atoms with Crippen molar-refractivity contribution in [2.45, 2.75) is 6.54 Å². The molecule has 0 spiro atoms. The van der Waals surface area contributed by atoms with E-state index in [9.17, 15) is 4.79 Å². The van der Waals surface area contributed by atoms with E-state index in [0.717, 1.165) is 16.6 Å². The number of fused-ring (bicyclic) bond motifs is 1. The Morgan fingerprint density at radius 1 is 1.07 bits per heavy atom. The number of benzene rings is 2. The number of hydrogen-bond donors (Lipinski definition) is 1. The maximum atomic E-state index is 13.0. The lowest BCUT2D eigenvalue weighted by atomic mass is 10.1. The summed E-state index contributed by atoms with van der Waals surface area (Å²) in [7, 11) is 1.79. The number of aromatic amines is 1. The van der Waals surface area contributed by atoms with Crippen molar-refractivity contribution >= 4 is 16.8 Å². The maximum Gasteiger partial charge on any atom is 0.257 e. The van der Waals surface area contributed by atoms with Crippen molar-refractivity contribution in [3.63, 3.8) is 0 Å². The quantitative estimate of drug-likeness (QED) is 0.567. The van der Waals surface area contributed by atoms with Gasteiger partial charge in [0.25, 0.3) is 5.91 Å². The van der Waals surface area contributed by atoms with Gasteiger partial charge in [-0.3, -0.25) is 9.78 Å². The molecule has 5 nitrogen and oxygen atoms in total. The minimum atomic E-state index is -0.104. The van der Waals surface area contributed by atoms with Gasteiger partial charge in [0, 0.05) is 24.5 Å². The lowest BCUT2D eigenvalue weighted by Gasteiger charge is -2.18. The first-order valence-electron chi connectivity index (χ1n) is 8.70. The number of hydrogen-bond acceptors (Lipinski definition) is 3. The lowest BCUT2D eigenvalue weighted by Crippen LogP contribution is -2.26. The lowest BCUT2D eigenvalue weighted by molar-refractivity contribution is 0.0781. The topological polar surface area (TPSA) is 58.2 Å². The molecule has 2 aromatic heterocycles. The van der Waals surface area contributed by atoms with Crippen molar-refractivity contribution in [2.24, 2.45) is 0 Å². The number of H-pyrrole nitrogens is 1. The van der Waals surface area contributed by atoms with Crippen molar-refractivity contribution in [3.8, 4) is 11.5 Å². The van der Waals surface area contributed by atoms with Crippen LogP contribution in [0.5, 0.6) is 11.5 Å². The van der Waals surface area contributed by atoms with Crippen LogP contribution in [-0.4, -0.2) is 27.8 Å². The third-order valence-electron chi connectivity index (χ3n) is 4.32. The molecule has 4 aromatic rings. The van der Waals surface area contributed by atoms with Gasteiger partial charge in [-0.25, -0.2) is 0 Å². The summed E-state index contributed by atoms with van der Waals surface area (Å²) in [6, 6.07) is 21.0. The molecule has 0 saturated heterocycles. The van der Waals surface area contributed by atoms with E-state index in [1.54, 1.807) is 42.5 Å². The number of carbonyl (C=O) groups is 1. The summed E-state index contributed by atoms with van der Waals surface area (Å²) in [6.07, 6.45) is 3.30. The van der Waals surface area contributed by atoms with Crippen LogP contribution in [0.4, 0.5) is 0 Å². The molecular formula is C22H19N3O2. The van der Waals surface area contributed by atoms with Crippen LogP contribution in [0.3, 0.4) is 0 Å². The SMILES string of the molecule is CN(Cc1cc2ccccc2[nH]1)C(=O)c1ccccc1Oc1cccnc1. The minimum Gasteiger partial charge on any atom is -0.455 e. The third kappa shape index (κ3) is 3.67. The van der Waals surface area contributed by atoms with Crippen LogP contribution in [0.25, 0.3) is 10.9 Å². The van der Waals surface area contributed by atoms with Crippen LogP contribution in [0.15, 0.2) is 79.1 Å². The fourth-order valence-electron chi connectivity index (χ4n) is 3.02. The summed E-state index contributed by atoms with van der Waals surface area (Å²) in [6.45, 7) is 0.481. The first kappa shape index (κ1) is 16.8. The monoisotopic (exact) mass is 357 g/mol. The molecule has 1 N–H and O–H groups in total. The van der Waals surface area contributed by atoms with Gasteiger partial charge in [0.05, 0.1) is 18.3 Å². The van der Waals surface area contributed by atoms with E-state index in [1.807, 2.05) is 42.5 Å². The van der Waals surface area contributed by atoms with Gasteiger partial charge in [-0.05, 0) is 41.8 Å². The number of amides is 1. The number of nitrogens with one attached hydrogen (secondary N) is 1. The summed E-state index contributed by atoms with van der Waals surface area (Å²) in [5.41, 5.74) is 2.56. The molecule has 2 aromatic carbocycles. The van der Waals surface area contributed by atoms with Gasteiger partial charge in [-0.2, -0.15) is 0 Å². The molecule has 0 bridgehead atoms. The fraction of sp³-hybridized carbons (Fsp3) is 0.0909. The van der Waals surface area contributed by atoms with Gasteiger partial charge in [-0.15, -0.1) is 0 Å². The second-order valence-electron chi connectivity index (χ2n) is 6.33. The molecule has 4 rings (SSSR count). The molecule has 5 heteroatoms. The van der Waals surface area contributed by atoms with E-state index in [1.165, 1.54) is 0 Å². The molecule has 0 aliphatic heterocycles. The Morgan fingerprint density at radius 3 is 2.70 bits per heavy atom. The zero-order valence-corrected chi connectivity index (χ0v) is 14.9. The van der Waals surface area contributed by atoms with Crippen LogP contribution in [0.2, 0.25) is 0 Å². The van der Waals surface area contributed by atoms with Crippen molar-refractivity contribution in [2.75, 3.05) is 7.05 Å². The molecule has 0 radical (unpaired) electrons. The highest BCUT2D eigenvalue weighted by Gasteiger charge is 2.18. The molecule has 0 unspecified atom stereocenters. The molecule has 2 heterocycles. The van der Waals surface area contributed by atoms with Gasteiger partial charge in [0.1, 0.15) is 11.5 Å². The molecule has 0 aliphatic carbocycles. The number of pyridine rings is 1. The number of nitrogens with zero attached hydrogens (tertiary/aromatic N) is 2. The highest BCUT2D eigenvalue weighted by Crippen LogP contribution is 2.26. The number of rotatable bonds is 5. The van der Waals surface area contributed by atoms with Crippen LogP contribution < -0.4 is 4.74 Å². The number of para-hydroxylation sites is 2. The van der Waals surface area contributed by atoms with Crippen LogP contribution in [0.1, 0.15) is 16.1 Å². The van der Waals surface area contributed by atoms with Gasteiger partial charge < -0.3 is 14.6 Å². The summed E-state index contributed by atoms with van der Waals surface area (Å²) in [5, 5.41) is 1.13. The standard InChI is InChI=1S/C22H19N3O2/c1-25(15-17-13-16-7-2-4-10-20(16)24-17)22(26)19-9-3-5-11-21(19)27-18-8-6-12-23-14-18/h2-14,24H,15H2,1H3. The van der Waals surface area contributed by atoms with E-state index in [0.29, 0.717) is 23.6 Å². The number of carbonyl (C=O) groups excluding carboxylic acids is 1. The first-order chi connectivity index (χ1) is 13.2. The van der Waals surface area contributed by atoms with Crippen LogP contribution in [0, 0.1) is 0 Å². The summed E-state index contributed by atoms with van der Waals surface area (Å²) < 4.78 is 5.86. The zero-order valence-electron chi connectivity index (χ0n) is 14.9. The second-order valence-corrected chi connectivity index (χ2v) is 6.33. The Balaban J connectivity index is 1.55. The van der Waals surface area contributed by atoms with Crippen molar-refractivity contribution in [3.05, 3.63) is 90.4 Å². The number of ether oxygens (including phenoxy) is 1. The van der Waals surface area contributed by atoms with Gasteiger partial charge >= 0.3 is 0 Å². The molecule has 134 valence electrons. The predicted octanol–water partition coefficient (Wildman–Crippen LogP) is 4.63. The second kappa shape index (κ2) is 7.33. The summed E-state index contributed by atoms with van der Waals surface area (Å²) >= 11 is 0. The number of aromatic nitrogens is 2. The maximum absolute atomic E-state index is 13.0. The summed E-state index contributed by atoms with van der Waals surface area (Å²) in [4.78, 5) is 22.1. The van der Waals surface area contributed by atoms with Gasteiger partial charge in [0.2, 0.25) is 0 Å². The first-order valence-corrected chi connectivity index (χ1v) is 8.70. The van der Waals surface area contributed by atoms with E-state index in [4.69, 9.17) is 4.74 Å². The molecular weight excluding hydrogens is 338 g/mol. The van der Waals surface area contributed by atoms with E-state index in [2.05, 4.69) is 16.0 Å². The molecule has 0 atom stereocenters. The van der Waals surface area contributed by atoms with Crippen molar-refractivity contribution < 1.29 is 9.53 Å². The summed E-state index contributed by atoms with van der Waals surface area (Å²) in [5.74, 6) is 1.00. The van der Waals surface area contributed by atoms with Gasteiger partial charge in [-0.1, -0.05) is 30.3 Å². The van der Waals surface area contributed by atoms with E-state index < -0.39 is 0 Å². The van der Waals surface area contributed by atoms with Crippen LogP contribution in [-0.2, 0) is 6.54 Å². The zero-order chi connectivity index (χ0) is 18.6. The molecule has 27 heavy (non-hydrogen) atoms. The fourth-order valence-corrected chi connectivity index (χ4v) is 3.02. The Kier molecular flexibility index (Phi) is 4.58. The smallest absolute Gasteiger partial charge is 0.257 e. The Bertz CT molecular complexity index is 1040. The highest BCUT2D eigenvalue weighted by atomic mass is 16.5. The largest absolute Gasteiger partial charge is 0.455 e.